The van der Waals surface area contributed by atoms with Gasteiger partial charge in [-0.25, -0.2) is 19.9 Å². The van der Waals surface area contributed by atoms with Crippen LogP contribution in [0.2, 0.25) is 0 Å². The lowest BCUT2D eigenvalue weighted by Crippen LogP contribution is -2.44. The molecule has 5 rings (SSSR count). The fraction of sp³-hybridized carbons (Fsp3) is 0.333. The van der Waals surface area contributed by atoms with Crippen molar-refractivity contribution in [3.8, 4) is 0 Å². The van der Waals surface area contributed by atoms with Gasteiger partial charge in [0.05, 0.1) is 0 Å². The average molecular weight is 429 g/mol. The zero-order valence-electron chi connectivity index (χ0n) is 18.5. The highest BCUT2D eigenvalue weighted by Gasteiger charge is 2.15. The number of pyridine rings is 2. The van der Waals surface area contributed by atoms with Crippen LogP contribution in [-0.2, 0) is 13.0 Å². The van der Waals surface area contributed by atoms with Gasteiger partial charge in [0, 0.05) is 75.5 Å². The van der Waals surface area contributed by atoms with Crippen LogP contribution in [0.15, 0.2) is 49.2 Å². The highest BCUT2D eigenvalue weighted by molar-refractivity contribution is 5.80. The van der Waals surface area contributed by atoms with Gasteiger partial charge < -0.3 is 20.1 Å². The first-order chi connectivity index (χ1) is 15.6. The molecular formula is C24H28N8. The Bertz CT molecular complexity index is 1180. The molecule has 1 saturated heterocycles. The summed E-state index contributed by atoms with van der Waals surface area (Å²) in [6.07, 6.45) is 10.4. The summed E-state index contributed by atoms with van der Waals surface area (Å²) in [5.74, 6) is 1.67. The minimum atomic E-state index is 0.619. The van der Waals surface area contributed by atoms with Gasteiger partial charge in [-0.2, -0.15) is 0 Å². The molecule has 0 aromatic carbocycles. The van der Waals surface area contributed by atoms with E-state index in [1.807, 2.05) is 31.0 Å². The normalized spacial score (nSPS) is 14.8. The van der Waals surface area contributed by atoms with Gasteiger partial charge in [0.15, 0.2) is 0 Å². The highest BCUT2D eigenvalue weighted by Crippen LogP contribution is 2.20. The summed E-state index contributed by atoms with van der Waals surface area (Å²) in [5, 5.41) is 4.44. The Balaban J connectivity index is 1.17. The van der Waals surface area contributed by atoms with Crippen molar-refractivity contribution in [2.75, 3.05) is 43.4 Å². The molecule has 0 unspecified atom stereocenters. The zero-order valence-corrected chi connectivity index (χ0v) is 18.5. The number of H-pyrrole nitrogens is 1. The number of aryl methyl sites for hydroxylation is 1. The number of likely N-dealkylation sites (N-methyl/N-ethyl adjacent to an activating group) is 1. The third-order valence-electron chi connectivity index (χ3n) is 5.94. The van der Waals surface area contributed by atoms with Crippen molar-refractivity contribution < 1.29 is 0 Å². The van der Waals surface area contributed by atoms with Crippen molar-refractivity contribution in [3.63, 3.8) is 0 Å². The number of aromatic nitrogens is 5. The van der Waals surface area contributed by atoms with Crippen molar-refractivity contribution in [2.45, 2.75) is 19.9 Å². The molecule has 4 aromatic heterocycles. The summed E-state index contributed by atoms with van der Waals surface area (Å²) in [7, 11) is 2.16. The van der Waals surface area contributed by atoms with Gasteiger partial charge in [0.25, 0.3) is 0 Å². The second-order valence-electron chi connectivity index (χ2n) is 8.48. The maximum absolute atomic E-state index is 4.65. The van der Waals surface area contributed by atoms with Gasteiger partial charge in [-0.05, 0) is 48.4 Å². The summed E-state index contributed by atoms with van der Waals surface area (Å²) in [4.78, 5) is 26.0. The van der Waals surface area contributed by atoms with E-state index in [1.54, 1.807) is 0 Å². The molecule has 32 heavy (non-hydrogen) atoms. The van der Waals surface area contributed by atoms with E-state index in [1.165, 1.54) is 5.56 Å². The summed E-state index contributed by atoms with van der Waals surface area (Å²) in [6.45, 7) is 6.90. The first kappa shape index (κ1) is 20.4. The summed E-state index contributed by atoms with van der Waals surface area (Å²) >= 11 is 0. The largest absolute Gasteiger partial charge is 0.354 e. The van der Waals surface area contributed by atoms with Crippen molar-refractivity contribution in [2.24, 2.45) is 0 Å². The van der Waals surface area contributed by atoms with E-state index in [0.717, 1.165) is 66.1 Å². The van der Waals surface area contributed by atoms with Crippen molar-refractivity contribution in [1.82, 2.24) is 29.8 Å². The topological polar surface area (TPSA) is 85.9 Å². The molecule has 4 aromatic rings. The van der Waals surface area contributed by atoms with E-state index in [4.69, 9.17) is 0 Å². The molecule has 8 heteroatoms. The number of hydrogen-bond donors (Lipinski definition) is 2. The number of hydrogen-bond acceptors (Lipinski definition) is 7. The number of anilines is 2. The van der Waals surface area contributed by atoms with Gasteiger partial charge in [-0.15, -0.1) is 0 Å². The summed E-state index contributed by atoms with van der Waals surface area (Å²) in [6, 6.07) is 6.38. The smallest absolute Gasteiger partial charge is 0.222 e. The molecule has 1 aliphatic heterocycles. The lowest BCUT2D eigenvalue weighted by Gasteiger charge is -2.33. The molecule has 1 fully saturated rings. The number of aromatic amines is 1. The molecule has 164 valence electrons. The molecule has 0 atom stereocenters. The molecule has 0 radical (unpaired) electrons. The summed E-state index contributed by atoms with van der Waals surface area (Å²) in [5.41, 5.74) is 5.44. The molecule has 0 bridgehead atoms. The molecule has 5 heterocycles. The Morgan fingerprint density at radius 2 is 1.72 bits per heavy atom. The van der Waals surface area contributed by atoms with E-state index < -0.39 is 0 Å². The monoisotopic (exact) mass is 428 g/mol. The number of fused-ring (bicyclic) bond motifs is 1. The molecule has 0 saturated carbocycles. The number of rotatable bonds is 6. The van der Waals surface area contributed by atoms with Gasteiger partial charge in [0.2, 0.25) is 5.95 Å². The lowest BCUT2D eigenvalue weighted by molar-refractivity contribution is 0.312. The van der Waals surface area contributed by atoms with Crippen LogP contribution in [0.5, 0.6) is 0 Å². The SMILES string of the molecule is Cc1cnc2[nH]cc(Cc3cnc(NCc4ccc(N5CCN(C)CC5)nc4)nc3)c2c1. The number of piperazine rings is 1. The summed E-state index contributed by atoms with van der Waals surface area (Å²) < 4.78 is 0. The van der Waals surface area contributed by atoms with Crippen LogP contribution in [0.4, 0.5) is 11.8 Å². The fourth-order valence-electron chi connectivity index (χ4n) is 3.99. The molecule has 2 N–H and O–H groups in total. The molecular weight excluding hydrogens is 400 g/mol. The molecule has 0 spiro atoms. The van der Waals surface area contributed by atoms with E-state index in [-0.39, 0.29) is 0 Å². The average Bonchev–Trinajstić information content (AvgIpc) is 3.21. The maximum Gasteiger partial charge on any atom is 0.222 e. The van der Waals surface area contributed by atoms with Gasteiger partial charge in [-0.3, -0.25) is 0 Å². The zero-order chi connectivity index (χ0) is 21.9. The lowest BCUT2D eigenvalue weighted by atomic mass is 10.1. The standard InChI is InChI=1S/C24H28N8/c1-17-9-21-20(16-27-23(21)26-11-17)10-19-14-29-24(30-15-19)28-13-18-3-4-22(25-12-18)32-7-5-31(2)6-8-32/h3-4,9,11-12,14-16H,5-8,10,13H2,1-2H3,(H,26,27)(H,28,29,30). The molecule has 1 aliphatic rings. The fourth-order valence-corrected chi connectivity index (χ4v) is 3.99. The first-order valence-corrected chi connectivity index (χ1v) is 11.0. The number of nitrogens with zero attached hydrogens (tertiary/aromatic N) is 6. The quantitative estimate of drug-likeness (QED) is 0.488. The Labute approximate surface area is 187 Å². The van der Waals surface area contributed by atoms with Crippen LogP contribution in [0.25, 0.3) is 11.0 Å². The second kappa shape index (κ2) is 8.92. The van der Waals surface area contributed by atoms with Crippen LogP contribution in [0, 0.1) is 6.92 Å². The Hall–Kier alpha value is -3.52. The third kappa shape index (κ3) is 4.55. The third-order valence-corrected chi connectivity index (χ3v) is 5.94. The highest BCUT2D eigenvalue weighted by atomic mass is 15.3. The minimum absolute atomic E-state index is 0.619. The van der Waals surface area contributed by atoms with Crippen molar-refractivity contribution in [1.29, 1.82) is 0 Å². The minimum Gasteiger partial charge on any atom is -0.354 e. The van der Waals surface area contributed by atoms with Crippen LogP contribution in [0.1, 0.15) is 22.3 Å². The van der Waals surface area contributed by atoms with Crippen molar-refractivity contribution in [3.05, 3.63) is 71.4 Å². The first-order valence-electron chi connectivity index (χ1n) is 11.0. The van der Waals surface area contributed by atoms with E-state index in [2.05, 4.69) is 72.2 Å². The van der Waals surface area contributed by atoms with Crippen LogP contribution in [0.3, 0.4) is 0 Å². The van der Waals surface area contributed by atoms with Gasteiger partial charge >= 0.3 is 0 Å². The Kier molecular flexibility index (Phi) is 5.68. The van der Waals surface area contributed by atoms with E-state index in [0.29, 0.717) is 12.5 Å². The molecule has 0 amide bonds. The Morgan fingerprint density at radius 3 is 2.47 bits per heavy atom. The van der Waals surface area contributed by atoms with E-state index in [9.17, 15) is 0 Å². The predicted molar refractivity (Wildman–Crippen MR) is 127 cm³/mol. The van der Waals surface area contributed by atoms with Crippen LogP contribution in [-0.4, -0.2) is 63.0 Å². The van der Waals surface area contributed by atoms with Crippen LogP contribution >= 0.6 is 0 Å². The van der Waals surface area contributed by atoms with Crippen LogP contribution < -0.4 is 10.2 Å². The van der Waals surface area contributed by atoms with Gasteiger partial charge in [0.1, 0.15) is 11.5 Å². The Morgan fingerprint density at radius 1 is 0.938 bits per heavy atom. The second-order valence-corrected chi connectivity index (χ2v) is 8.48. The maximum atomic E-state index is 4.65. The van der Waals surface area contributed by atoms with Crippen molar-refractivity contribution >= 4 is 22.8 Å². The van der Waals surface area contributed by atoms with E-state index >= 15 is 0 Å². The van der Waals surface area contributed by atoms with Gasteiger partial charge in [-0.1, -0.05) is 6.07 Å². The molecule has 8 nitrogen and oxygen atoms in total. The number of nitrogens with one attached hydrogen (secondary N) is 2. The predicted octanol–water partition coefficient (Wildman–Crippen LogP) is 3.01. The molecule has 0 aliphatic carbocycles.